The zero-order chi connectivity index (χ0) is 41.4. The van der Waals surface area contributed by atoms with Crippen molar-refractivity contribution in [1.82, 2.24) is 0 Å². The van der Waals surface area contributed by atoms with Crippen molar-refractivity contribution in [3.05, 3.63) is 10.4 Å². The zero-order valence-electron chi connectivity index (χ0n) is 34.9. The molecule has 0 aliphatic carbocycles. The van der Waals surface area contributed by atoms with Crippen molar-refractivity contribution in [3.8, 4) is 0 Å². The first-order valence-corrected chi connectivity index (χ1v) is 19.8. The van der Waals surface area contributed by atoms with Crippen LogP contribution in [0.15, 0.2) is 5.11 Å². The summed E-state index contributed by atoms with van der Waals surface area (Å²) in [7, 11) is 0. The second-order valence-electron chi connectivity index (χ2n) is 12.5. The summed E-state index contributed by atoms with van der Waals surface area (Å²) >= 11 is 0. The Kier molecular flexibility index (Phi) is 45.4. The average Bonchev–Trinajstić information content (AvgIpc) is 3.18. The van der Waals surface area contributed by atoms with Gasteiger partial charge in [-0.2, -0.15) is 0 Å². The second kappa shape index (κ2) is 46.9. The molecule has 0 amide bonds. The highest BCUT2D eigenvalue weighted by Gasteiger charge is 2.15. The van der Waals surface area contributed by atoms with E-state index in [-0.39, 0.29) is 12.4 Å². The summed E-state index contributed by atoms with van der Waals surface area (Å²) in [6, 6.07) is 0. The third-order valence-electron chi connectivity index (χ3n) is 6.48. The Morgan fingerprint density at radius 3 is 0.754 bits per heavy atom. The number of carbonyl (C=O) groups excluding carboxylic acids is 1. The Hall–Kier alpha value is -1.82. The van der Waals surface area contributed by atoms with Gasteiger partial charge < -0.3 is 75.8 Å². The molecule has 57 heavy (non-hydrogen) atoms. The number of esters is 1. The number of hydrogen-bond donors (Lipinski definition) is 0. The zero-order valence-corrected chi connectivity index (χ0v) is 34.9. The van der Waals surface area contributed by atoms with Gasteiger partial charge in [-0.15, -0.1) is 0 Å². The molecule has 0 aliphatic heterocycles. The van der Waals surface area contributed by atoms with E-state index in [1.165, 1.54) is 0 Å². The second-order valence-corrected chi connectivity index (χ2v) is 12.5. The van der Waals surface area contributed by atoms with Gasteiger partial charge in [-0.05, 0) is 26.3 Å². The number of rotatable bonds is 48. The summed E-state index contributed by atoms with van der Waals surface area (Å²) in [5.74, 6) is -0.269. The summed E-state index contributed by atoms with van der Waals surface area (Å²) in [4.78, 5) is 14.2. The Bertz CT molecular complexity index is 870. The topological polar surface area (TPSA) is 214 Å². The number of nitrogens with zero attached hydrogens (tertiary/aromatic N) is 3. The first-order valence-electron chi connectivity index (χ1n) is 19.8. The first kappa shape index (κ1) is 55.2. The predicted octanol–water partition coefficient (Wildman–Crippen LogP) is 2.28. The SMILES string of the molecule is CC(C)(C)OC(=O)CCOCCOCCOCCOCCOCCOCCOCCOCCOCCOCCOCCOCCOCCOCCOCCN=[N+]=[N-]. The molecule has 0 aromatic carbocycles. The Labute approximate surface area is 339 Å². The van der Waals surface area contributed by atoms with Gasteiger partial charge in [0.1, 0.15) is 5.60 Å². The van der Waals surface area contributed by atoms with Crippen LogP contribution in [0.25, 0.3) is 10.4 Å². The monoisotopic (exact) mass is 831 g/mol. The predicted molar refractivity (Wildman–Crippen MR) is 207 cm³/mol. The van der Waals surface area contributed by atoms with Crippen molar-refractivity contribution < 1.29 is 80.6 Å². The van der Waals surface area contributed by atoms with E-state index >= 15 is 0 Å². The quantitative estimate of drug-likeness (QED) is 0.0283. The molecule has 0 aliphatic rings. The van der Waals surface area contributed by atoms with Gasteiger partial charge in [-0.1, -0.05) is 5.11 Å². The van der Waals surface area contributed by atoms with Crippen molar-refractivity contribution in [3.63, 3.8) is 0 Å². The van der Waals surface area contributed by atoms with Gasteiger partial charge in [0, 0.05) is 11.5 Å². The maximum Gasteiger partial charge on any atom is 0.308 e. The molecule has 0 unspecified atom stereocenters. The highest BCUT2D eigenvalue weighted by Crippen LogP contribution is 2.08. The van der Waals surface area contributed by atoms with Crippen LogP contribution in [0.1, 0.15) is 27.2 Å². The van der Waals surface area contributed by atoms with Gasteiger partial charge in [0.15, 0.2) is 0 Å². The summed E-state index contributed by atoms with van der Waals surface area (Å²) in [5, 5.41) is 3.37. The van der Waals surface area contributed by atoms with Crippen LogP contribution in [-0.2, 0) is 80.6 Å². The van der Waals surface area contributed by atoms with E-state index in [0.717, 1.165) is 0 Å². The van der Waals surface area contributed by atoms with E-state index < -0.39 is 5.60 Å². The third-order valence-corrected chi connectivity index (χ3v) is 6.48. The van der Waals surface area contributed by atoms with E-state index in [2.05, 4.69) is 10.0 Å². The molecule has 0 saturated heterocycles. The van der Waals surface area contributed by atoms with E-state index in [0.29, 0.717) is 205 Å². The molecule has 0 aromatic rings. The lowest BCUT2D eigenvalue weighted by molar-refractivity contribution is -0.156. The van der Waals surface area contributed by atoms with E-state index in [9.17, 15) is 4.79 Å². The van der Waals surface area contributed by atoms with E-state index in [1.807, 2.05) is 20.8 Å². The Morgan fingerprint density at radius 2 is 0.561 bits per heavy atom. The van der Waals surface area contributed by atoms with Gasteiger partial charge in [-0.3, -0.25) is 4.79 Å². The van der Waals surface area contributed by atoms with Gasteiger partial charge >= 0.3 is 5.97 Å². The summed E-state index contributed by atoms with van der Waals surface area (Å²) < 4.78 is 86.8. The Balaban J connectivity index is 3.10. The molecular formula is C37H73N3O17. The van der Waals surface area contributed by atoms with Crippen LogP contribution in [0.5, 0.6) is 0 Å². The lowest BCUT2D eigenvalue weighted by Crippen LogP contribution is -2.24. The molecule has 0 N–H and O–H groups in total. The molecular weight excluding hydrogens is 758 g/mol. The fourth-order valence-electron chi connectivity index (χ4n) is 3.88. The molecule has 0 spiro atoms. The minimum Gasteiger partial charge on any atom is -0.460 e. The maximum absolute atomic E-state index is 11.6. The molecule has 0 rings (SSSR count). The fourth-order valence-corrected chi connectivity index (χ4v) is 3.88. The van der Waals surface area contributed by atoms with Crippen LogP contribution in [0.4, 0.5) is 0 Å². The standard InChI is InChI=1S/C37H73N3O17/c1-37(2,3)57-36(41)4-6-42-8-10-44-12-14-46-16-18-48-20-22-50-24-26-52-28-30-54-32-34-56-35-33-55-31-29-53-27-25-51-23-21-49-19-17-47-15-13-45-11-9-43-7-5-39-40-38/h4-35H2,1-3H3. The van der Waals surface area contributed by atoms with Crippen molar-refractivity contribution >= 4 is 5.97 Å². The molecule has 20 heteroatoms. The van der Waals surface area contributed by atoms with Gasteiger partial charge in [0.2, 0.25) is 0 Å². The molecule has 0 fully saturated rings. The summed E-state index contributed by atoms with van der Waals surface area (Å²) in [6.07, 6.45) is 0.226. The number of carbonyl (C=O) groups is 1. The molecule has 0 saturated carbocycles. The van der Waals surface area contributed by atoms with E-state index in [4.69, 9.17) is 81.3 Å². The molecule has 20 nitrogen and oxygen atoms in total. The van der Waals surface area contributed by atoms with Gasteiger partial charge in [0.05, 0.1) is 205 Å². The largest absolute Gasteiger partial charge is 0.460 e. The van der Waals surface area contributed by atoms with Crippen molar-refractivity contribution in [2.45, 2.75) is 32.8 Å². The minimum atomic E-state index is -0.480. The molecule has 0 bridgehead atoms. The van der Waals surface area contributed by atoms with Crippen molar-refractivity contribution in [2.75, 3.05) is 205 Å². The first-order chi connectivity index (χ1) is 28.0. The number of hydrogen-bond acceptors (Lipinski definition) is 18. The van der Waals surface area contributed by atoms with Crippen LogP contribution in [0.3, 0.4) is 0 Å². The lowest BCUT2D eigenvalue weighted by Gasteiger charge is -2.19. The van der Waals surface area contributed by atoms with Crippen LogP contribution < -0.4 is 0 Å². The highest BCUT2D eigenvalue weighted by molar-refractivity contribution is 5.69. The molecule has 0 atom stereocenters. The van der Waals surface area contributed by atoms with Crippen LogP contribution in [-0.4, -0.2) is 216 Å². The normalized spacial score (nSPS) is 11.6. The van der Waals surface area contributed by atoms with Crippen LogP contribution in [0, 0.1) is 0 Å². The van der Waals surface area contributed by atoms with Crippen molar-refractivity contribution in [2.24, 2.45) is 5.11 Å². The van der Waals surface area contributed by atoms with Crippen molar-refractivity contribution in [1.29, 1.82) is 0 Å². The Morgan fingerprint density at radius 1 is 0.368 bits per heavy atom. The van der Waals surface area contributed by atoms with Gasteiger partial charge in [-0.25, -0.2) is 0 Å². The third kappa shape index (κ3) is 52.2. The highest BCUT2D eigenvalue weighted by atomic mass is 16.6. The number of azide groups is 1. The molecule has 0 radical (unpaired) electrons. The maximum atomic E-state index is 11.6. The fraction of sp³-hybridized carbons (Fsp3) is 0.973. The van der Waals surface area contributed by atoms with Gasteiger partial charge in [0.25, 0.3) is 0 Å². The van der Waals surface area contributed by atoms with E-state index in [1.54, 1.807) is 0 Å². The lowest BCUT2D eigenvalue weighted by atomic mass is 10.2. The van der Waals surface area contributed by atoms with Crippen LogP contribution >= 0.6 is 0 Å². The number of ether oxygens (including phenoxy) is 16. The smallest absolute Gasteiger partial charge is 0.308 e. The summed E-state index contributed by atoms with van der Waals surface area (Å²) in [6.45, 7) is 19.9. The molecule has 338 valence electrons. The minimum absolute atomic E-state index is 0.226. The molecule has 0 heterocycles. The molecule has 0 aromatic heterocycles. The average molecular weight is 832 g/mol. The van der Waals surface area contributed by atoms with Crippen LogP contribution in [0.2, 0.25) is 0 Å². The summed E-state index contributed by atoms with van der Waals surface area (Å²) in [5.41, 5.74) is 7.67.